The molecule has 5 aromatic rings. The van der Waals surface area contributed by atoms with Crippen LogP contribution in [0.1, 0.15) is 0 Å². The summed E-state index contributed by atoms with van der Waals surface area (Å²) in [6, 6.07) is 16.9. The standard InChI is InChI=1S/C20H13N5O/c26-17-9-7-15-20(23-17)24-18(13-4-2-1-3-5-13)19(22-15)14-6-8-16-21-10-11-25(16)12-14/h1-12H,(H,23,24,26). The van der Waals surface area contributed by atoms with Crippen molar-refractivity contribution in [2.75, 3.05) is 0 Å². The molecule has 0 fully saturated rings. The van der Waals surface area contributed by atoms with E-state index in [9.17, 15) is 4.79 Å². The molecule has 4 aromatic heterocycles. The van der Waals surface area contributed by atoms with Gasteiger partial charge in [0.2, 0.25) is 5.56 Å². The molecule has 124 valence electrons. The molecule has 0 atom stereocenters. The van der Waals surface area contributed by atoms with Crippen molar-refractivity contribution in [1.29, 1.82) is 0 Å². The van der Waals surface area contributed by atoms with E-state index in [0.29, 0.717) is 11.2 Å². The summed E-state index contributed by atoms with van der Waals surface area (Å²) in [4.78, 5) is 28.2. The highest BCUT2D eigenvalue weighted by Crippen LogP contribution is 2.30. The fourth-order valence-electron chi connectivity index (χ4n) is 3.03. The minimum atomic E-state index is -0.196. The lowest BCUT2D eigenvalue weighted by atomic mass is 10.1. The van der Waals surface area contributed by atoms with Gasteiger partial charge in [0.25, 0.3) is 0 Å². The van der Waals surface area contributed by atoms with Crippen LogP contribution in [0, 0.1) is 0 Å². The van der Waals surface area contributed by atoms with Crippen LogP contribution in [-0.2, 0) is 0 Å². The molecular formula is C20H13N5O. The number of rotatable bonds is 2. The molecule has 1 aromatic carbocycles. The molecule has 0 spiro atoms. The van der Waals surface area contributed by atoms with Gasteiger partial charge in [0.15, 0.2) is 5.65 Å². The molecule has 4 heterocycles. The van der Waals surface area contributed by atoms with Crippen molar-refractivity contribution in [3.63, 3.8) is 0 Å². The Morgan fingerprint density at radius 3 is 2.58 bits per heavy atom. The zero-order valence-corrected chi connectivity index (χ0v) is 13.6. The van der Waals surface area contributed by atoms with Gasteiger partial charge < -0.3 is 9.38 Å². The zero-order chi connectivity index (χ0) is 17.5. The number of nitrogens with zero attached hydrogens (tertiary/aromatic N) is 4. The Kier molecular flexibility index (Phi) is 3.15. The van der Waals surface area contributed by atoms with Gasteiger partial charge in [-0.3, -0.25) is 4.79 Å². The second kappa shape index (κ2) is 5.63. The molecule has 0 aliphatic rings. The molecule has 5 rings (SSSR count). The number of H-pyrrole nitrogens is 1. The van der Waals surface area contributed by atoms with Gasteiger partial charge in [-0.2, -0.15) is 0 Å². The quantitative estimate of drug-likeness (QED) is 0.535. The van der Waals surface area contributed by atoms with Crippen LogP contribution in [0.15, 0.2) is 78.0 Å². The van der Waals surface area contributed by atoms with Crippen LogP contribution >= 0.6 is 0 Å². The van der Waals surface area contributed by atoms with Gasteiger partial charge in [0.1, 0.15) is 11.2 Å². The van der Waals surface area contributed by atoms with E-state index in [1.165, 1.54) is 6.07 Å². The number of aromatic amines is 1. The van der Waals surface area contributed by atoms with Crippen LogP contribution in [0.5, 0.6) is 0 Å². The Morgan fingerprint density at radius 1 is 0.846 bits per heavy atom. The largest absolute Gasteiger partial charge is 0.306 e. The average Bonchev–Trinajstić information content (AvgIpc) is 3.15. The third-order valence-electron chi connectivity index (χ3n) is 4.27. The molecule has 1 N–H and O–H groups in total. The second-order valence-corrected chi connectivity index (χ2v) is 5.95. The van der Waals surface area contributed by atoms with E-state index in [1.807, 2.05) is 59.3 Å². The van der Waals surface area contributed by atoms with Crippen molar-refractivity contribution in [3.05, 3.63) is 83.5 Å². The Bertz CT molecular complexity index is 1300. The van der Waals surface area contributed by atoms with Crippen LogP contribution in [0.25, 0.3) is 39.3 Å². The first-order valence-electron chi connectivity index (χ1n) is 8.17. The van der Waals surface area contributed by atoms with Gasteiger partial charge in [-0.05, 0) is 18.2 Å². The summed E-state index contributed by atoms with van der Waals surface area (Å²) >= 11 is 0. The smallest absolute Gasteiger partial charge is 0.249 e. The number of fused-ring (bicyclic) bond motifs is 2. The number of nitrogens with one attached hydrogen (secondary N) is 1. The number of imidazole rings is 1. The summed E-state index contributed by atoms with van der Waals surface area (Å²) in [5.74, 6) is 0. The highest BCUT2D eigenvalue weighted by molar-refractivity contribution is 5.84. The van der Waals surface area contributed by atoms with Crippen LogP contribution in [-0.4, -0.2) is 24.3 Å². The van der Waals surface area contributed by atoms with E-state index in [2.05, 4.69) is 9.97 Å². The van der Waals surface area contributed by atoms with Gasteiger partial charge in [-0.15, -0.1) is 0 Å². The van der Waals surface area contributed by atoms with Crippen LogP contribution in [0.2, 0.25) is 0 Å². The maximum absolute atomic E-state index is 11.7. The van der Waals surface area contributed by atoms with Crippen molar-refractivity contribution in [3.8, 4) is 22.5 Å². The van der Waals surface area contributed by atoms with Crippen LogP contribution < -0.4 is 5.56 Å². The summed E-state index contributed by atoms with van der Waals surface area (Å²) in [5.41, 5.74) is 5.13. The molecule has 0 amide bonds. The first-order chi connectivity index (χ1) is 12.8. The number of hydrogen-bond acceptors (Lipinski definition) is 4. The summed E-state index contributed by atoms with van der Waals surface area (Å²) in [6.07, 6.45) is 5.64. The lowest BCUT2D eigenvalue weighted by Gasteiger charge is -2.10. The normalized spacial score (nSPS) is 11.2. The number of aromatic nitrogens is 5. The van der Waals surface area contributed by atoms with Crippen LogP contribution in [0.3, 0.4) is 0 Å². The van der Waals surface area contributed by atoms with Crippen molar-refractivity contribution in [1.82, 2.24) is 24.3 Å². The van der Waals surface area contributed by atoms with E-state index in [1.54, 1.807) is 12.3 Å². The number of pyridine rings is 2. The molecular weight excluding hydrogens is 326 g/mol. The zero-order valence-electron chi connectivity index (χ0n) is 13.6. The summed E-state index contributed by atoms with van der Waals surface area (Å²) in [5, 5.41) is 0. The predicted molar refractivity (Wildman–Crippen MR) is 99.8 cm³/mol. The van der Waals surface area contributed by atoms with Gasteiger partial charge in [0.05, 0.1) is 11.4 Å². The molecule has 0 saturated heterocycles. The van der Waals surface area contributed by atoms with Crippen LogP contribution in [0.4, 0.5) is 0 Å². The molecule has 0 unspecified atom stereocenters. The van der Waals surface area contributed by atoms with Crippen molar-refractivity contribution in [2.24, 2.45) is 0 Å². The SMILES string of the molecule is O=c1ccc2nc(-c3ccc4nccn4c3)c(-c3ccccc3)nc2[nH]1. The highest BCUT2D eigenvalue weighted by Gasteiger charge is 2.14. The maximum Gasteiger partial charge on any atom is 0.249 e. The van der Waals surface area contributed by atoms with E-state index in [-0.39, 0.29) is 5.56 Å². The van der Waals surface area contributed by atoms with Gasteiger partial charge in [-0.25, -0.2) is 15.0 Å². The van der Waals surface area contributed by atoms with Crippen molar-refractivity contribution < 1.29 is 0 Å². The lowest BCUT2D eigenvalue weighted by molar-refractivity contribution is 1.16. The van der Waals surface area contributed by atoms with Crippen molar-refractivity contribution >= 4 is 16.8 Å². The third-order valence-corrected chi connectivity index (χ3v) is 4.27. The maximum atomic E-state index is 11.7. The first kappa shape index (κ1) is 14.5. The highest BCUT2D eigenvalue weighted by atomic mass is 16.1. The topological polar surface area (TPSA) is 75.9 Å². The lowest BCUT2D eigenvalue weighted by Crippen LogP contribution is -2.06. The number of hydrogen-bond donors (Lipinski definition) is 1. The van der Waals surface area contributed by atoms with Crippen molar-refractivity contribution in [2.45, 2.75) is 0 Å². The minimum Gasteiger partial charge on any atom is -0.306 e. The summed E-state index contributed by atoms with van der Waals surface area (Å²) < 4.78 is 1.95. The average molecular weight is 339 g/mol. The molecule has 0 radical (unpaired) electrons. The van der Waals surface area contributed by atoms with E-state index < -0.39 is 0 Å². The Morgan fingerprint density at radius 2 is 1.69 bits per heavy atom. The number of benzene rings is 1. The molecule has 0 aliphatic carbocycles. The summed E-state index contributed by atoms with van der Waals surface area (Å²) in [6.45, 7) is 0. The van der Waals surface area contributed by atoms with E-state index in [4.69, 9.17) is 9.97 Å². The third kappa shape index (κ3) is 2.36. The molecule has 0 aliphatic heterocycles. The van der Waals surface area contributed by atoms with E-state index in [0.717, 1.165) is 28.2 Å². The van der Waals surface area contributed by atoms with Gasteiger partial charge in [0, 0.05) is 35.8 Å². The molecule has 0 saturated carbocycles. The minimum absolute atomic E-state index is 0.196. The van der Waals surface area contributed by atoms with E-state index >= 15 is 0 Å². The first-order valence-corrected chi connectivity index (χ1v) is 8.17. The summed E-state index contributed by atoms with van der Waals surface area (Å²) in [7, 11) is 0. The molecule has 6 heteroatoms. The predicted octanol–water partition coefficient (Wildman–Crippen LogP) is 3.30. The molecule has 6 nitrogen and oxygen atoms in total. The monoisotopic (exact) mass is 339 g/mol. The second-order valence-electron chi connectivity index (χ2n) is 5.95. The van der Waals surface area contributed by atoms with Gasteiger partial charge in [-0.1, -0.05) is 30.3 Å². The fourth-order valence-corrected chi connectivity index (χ4v) is 3.03. The molecule has 0 bridgehead atoms. The van der Waals surface area contributed by atoms with Gasteiger partial charge >= 0.3 is 0 Å². The molecule has 26 heavy (non-hydrogen) atoms. The fraction of sp³-hybridized carbons (Fsp3) is 0. The Labute approximate surface area is 147 Å². The Balaban J connectivity index is 1.84. The Hall–Kier alpha value is -3.80.